The van der Waals surface area contributed by atoms with Crippen molar-refractivity contribution in [3.05, 3.63) is 18.5 Å². The van der Waals surface area contributed by atoms with Gasteiger partial charge in [0, 0.05) is 30.7 Å². The third-order valence-electron chi connectivity index (χ3n) is 5.42. The molecule has 4 aliphatic rings. The highest BCUT2D eigenvalue weighted by atomic mass is 15.5. The second kappa shape index (κ2) is 5.14. The lowest BCUT2D eigenvalue weighted by Crippen LogP contribution is -2.41. The van der Waals surface area contributed by atoms with Gasteiger partial charge in [-0.3, -0.25) is 0 Å². The molecule has 2 aromatic heterocycles. The summed E-state index contributed by atoms with van der Waals surface area (Å²) < 4.78 is 1.93. The van der Waals surface area contributed by atoms with E-state index in [0.29, 0.717) is 17.5 Å². The van der Waals surface area contributed by atoms with E-state index in [1.165, 1.54) is 25.7 Å². The molecule has 0 atom stereocenters. The first-order valence-electron chi connectivity index (χ1n) is 8.68. The van der Waals surface area contributed by atoms with E-state index in [2.05, 4.69) is 30.8 Å². The smallest absolute Gasteiger partial charge is 0.227 e. The van der Waals surface area contributed by atoms with Crippen LogP contribution in [0.1, 0.15) is 31.7 Å². The Morgan fingerprint density at radius 1 is 1.25 bits per heavy atom. The van der Waals surface area contributed by atoms with Crippen molar-refractivity contribution in [1.82, 2.24) is 30.3 Å². The molecule has 4 heterocycles. The molecule has 0 radical (unpaired) electrons. The molecule has 2 aromatic rings. The Labute approximate surface area is 140 Å². The minimum Gasteiger partial charge on any atom is -0.337 e. The van der Waals surface area contributed by atoms with Crippen molar-refractivity contribution < 1.29 is 0 Å². The molecule has 2 aliphatic heterocycles. The maximum atomic E-state index is 4.69. The number of anilines is 3. The molecular weight excluding hydrogens is 304 g/mol. The van der Waals surface area contributed by atoms with Crippen LogP contribution >= 0.6 is 0 Å². The van der Waals surface area contributed by atoms with Crippen LogP contribution in [0.25, 0.3) is 0 Å². The van der Waals surface area contributed by atoms with Gasteiger partial charge in [-0.05, 0) is 38.8 Å². The van der Waals surface area contributed by atoms with Crippen LogP contribution in [0, 0.1) is 5.41 Å². The Hall–Kier alpha value is -2.22. The lowest BCUT2D eigenvalue weighted by molar-refractivity contribution is 0.196. The molecule has 4 fully saturated rings. The molecule has 0 amide bonds. The second-order valence-electron chi connectivity index (χ2n) is 7.40. The number of fused-ring (bicyclic) bond motifs is 1. The molecule has 0 aromatic carbocycles. The van der Waals surface area contributed by atoms with E-state index in [9.17, 15) is 0 Å². The first kappa shape index (κ1) is 14.2. The normalized spacial score (nSPS) is 28.0. The van der Waals surface area contributed by atoms with Crippen LogP contribution in [0.15, 0.2) is 18.5 Å². The number of hydrogen-bond donors (Lipinski definition) is 2. The Morgan fingerprint density at radius 2 is 2.12 bits per heavy atom. The summed E-state index contributed by atoms with van der Waals surface area (Å²) in [7, 11) is 2.03. The molecule has 8 heteroatoms. The molecule has 126 valence electrons. The zero-order valence-corrected chi connectivity index (χ0v) is 13.8. The molecule has 2 bridgehead atoms. The van der Waals surface area contributed by atoms with Crippen LogP contribution in [0.3, 0.4) is 0 Å². The predicted octanol–water partition coefficient (Wildman–Crippen LogP) is 1.33. The van der Waals surface area contributed by atoms with E-state index in [1.807, 2.05) is 30.2 Å². The van der Waals surface area contributed by atoms with Gasteiger partial charge in [0.15, 0.2) is 5.82 Å². The van der Waals surface area contributed by atoms with E-state index in [0.717, 1.165) is 30.7 Å². The largest absolute Gasteiger partial charge is 0.337 e. The Kier molecular flexibility index (Phi) is 3.03. The van der Waals surface area contributed by atoms with E-state index >= 15 is 0 Å². The zero-order valence-electron chi connectivity index (χ0n) is 13.8. The summed E-state index contributed by atoms with van der Waals surface area (Å²) in [5.74, 6) is 2.33. The van der Waals surface area contributed by atoms with Gasteiger partial charge in [-0.1, -0.05) is 5.21 Å². The molecule has 0 spiro atoms. The van der Waals surface area contributed by atoms with Gasteiger partial charge in [0.05, 0.1) is 12.2 Å². The molecule has 0 unspecified atom stereocenters. The molecule has 2 aliphatic carbocycles. The highest BCUT2D eigenvalue weighted by Crippen LogP contribution is 2.52. The van der Waals surface area contributed by atoms with Crippen molar-refractivity contribution in [2.75, 3.05) is 30.4 Å². The molecule has 8 nitrogen and oxygen atoms in total. The molecule has 6 rings (SSSR count). The lowest BCUT2D eigenvalue weighted by atomic mass is 9.70. The van der Waals surface area contributed by atoms with Gasteiger partial charge >= 0.3 is 0 Å². The first-order valence-corrected chi connectivity index (χ1v) is 8.68. The molecular formula is C16H22N8. The van der Waals surface area contributed by atoms with Crippen molar-refractivity contribution in [1.29, 1.82) is 0 Å². The third kappa shape index (κ3) is 2.32. The number of hydrogen-bond acceptors (Lipinski definition) is 7. The minimum absolute atomic E-state index is 0.416. The van der Waals surface area contributed by atoms with E-state index in [1.54, 1.807) is 0 Å². The van der Waals surface area contributed by atoms with Gasteiger partial charge < -0.3 is 15.5 Å². The number of rotatable bonds is 6. The van der Waals surface area contributed by atoms with E-state index < -0.39 is 0 Å². The summed E-state index contributed by atoms with van der Waals surface area (Å²) in [5.41, 5.74) is 0.416. The van der Waals surface area contributed by atoms with Crippen LogP contribution in [0.5, 0.6) is 0 Å². The summed E-state index contributed by atoms with van der Waals surface area (Å²) in [6.07, 6.45) is 8.65. The van der Waals surface area contributed by atoms with Gasteiger partial charge in [-0.15, -0.1) is 5.10 Å². The van der Waals surface area contributed by atoms with Crippen LogP contribution in [0.4, 0.5) is 17.6 Å². The minimum atomic E-state index is 0.416. The van der Waals surface area contributed by atoms with Gasteiger partial charge in [-0.2, -0.15) is 4.98 Å². The van der Waals surface area contributed by atoms with Crippen LogP contribution < -0.4 is 15.5 Å². The topological polar surface area (TPSA) is 83.8 Å². The summed E-state index contributed by atoms with van der Waals surface area (Å²) >= 11 is 0. The average Bonchev–Trinajstić information content (AvgIpc) is 3.04. The number of nitrogens with one attached hydrogen (secondary N) is 2. The summed E-state index contributed by atoms with van der Waals surface area (Å²) in [6, 6.07) is 3.00. The van der Waals surface area contributed by atoms with Gasteiger partial charge in [0.25, 0.3) is 0 Å². The van der Waals surface area contributed by atoms with Crippen LogP contribution in [0.2, 0.25) is 0 Å². The lowest BCUT2D eigenvalue weighted by Gasteiger charge is -2.36. The fourth-order valence-electron chi connectivity index (χ4n) is 4.13. The maximum Gasteiger partial charge on any atom is 0.227 e. The Bertz CT molecular complexity index is 746. The second-order valence-corrected chi connectivity index (χ2v) is 7.40. The molecule has 2 N–H and O–H groups in total. The van der Waals surface area contributed by atoms with Crippen molar-refractivity contribution in [2.45, 2.75) is 37.8 Å². The standard InChI is InChI=1S/C16H22N8/c1-17-9-16-6-12(7-16)23(10-16)15-18-5-4-13(20-15)19-14-8-24(22-21-14)11-2-3-11/h4-5,8,11-12,17H,2-3,6-7,9-10H2,1H3,(H,18,19,20). The number of aromatic nitrogens is 5. The first-order chi connectivity index (χ1) is 11.7. The fourth-order valence-corrected chi connectivity index (χ4v) is 4.13. The summed E-state index contributed by atoms with van der Waals surface area (Å²) in [4.78, 5) is 11.5. The van der Waals surface area contributed by atoms with E-state index in [-0.39, 0.29) is 0 Å². The summed E-state index contributed by atoms with van der Waals surface area (Å²) in [6.45, 7) is 2.11. The zero-order chi connectivity index (χ0) is 16.1. The van der Waals surface area contributed by atoms with Crippen molar-refractivity contribution in [3.63, 3.8) is 0 Å². The highest BCUT2D eigenvalue weighted by molar-refractivity contribution is 5.53. The quantitative estimate of drug-likeness (QED) is 0.828. The van der Waals surface area contributed by atoms with E-state index in [4.69, 9.17) is 4.98 Å². The maximum absolute atomic E-state index is 4.69. The van der Waals surface area contributed by atoms with Crippen molar-refractivity contribution in [2.24, 2.45) is 5.41 Å². The average molecular weight is 326 g/mol. The molecule has 2 saturated heterocycles. The number of nitrogens with zero attached hydrogens (tertiary/aromatic N) is 6. The van der Waals surface area contributed by atoms with Gasteiger partial charge in [-0.25, -0.2) is 9.67 Å². The molecule has 2 saturated carbocycles. The van der Waals surface area contributed by atoms with Gasteiger partial charge in [0.1, 0.15) is 5.82 Å². The highest BCUT2D eigenvalue weighted by Gasteiger charge is 2.55. The SMILES string of the molecule is CNCC12CC(C1)N(c1nccc(Nc3cn(C4CC4)nn3)n1)C2. The fraction of sp³-hybridized carbons (Fsp3) is 0.625. The van der Waals surface area contributed by atoms with Crippen LogP contribution in [-0.2, 0) is 0 Å². The summed E-state index contributed by atoms with van der Waals surface area (Å²) in [5, 5.41) is 14.9. The Morgan fingerprint density at radius 3 is 2.92 bits per heavy atom. The predicted molar refractivity (Wildman–Crippen MR) is 90.3 cm³/mol. The third-order valence-corrected chi connectivity index (χ3v) is 5.42. The van der Waals surface area contributed by atoms with Gasteiger partial charge in [0.2, 0.25) is 5.95 Å². The van der Waals surface area contributed by atoms with Crippen LogP contribution in [-0.4, -0.2) is 51.1 Å². The monoisotopic (exact) mass is 326 g/mol. The van der Waals surface area contributed by atoms with Crippen molar-refractivity contribution in [3.8, 4) is 0 Å². The molecule has 24 heavy (non-hydrogen) atoms. The Balaban J connectivity index is 1.31. The van der Waals surface area contributed by atoms with Crippen molar-refractivity contribution >= 4 is 17.6 Å².